The van der Waals surface area contributed by atoms with Gasteiger partial charge in [0.15, 0.2) is 0 Å². The fourth-order valence-electron chi connectivity index (χ4n) is 1.69. The summed E-state index contributed by atoms with van der Waals surface area (Å²) in [6.45, 7) is 4.50. The normalized spacial score (nSPS) is 11.5. The molecule has 1 nitrogen and oxygen atoms in total. The Bertz CT molecular complexity index is 326. The van der Waals surface area contributed by atoms with Crippen LogP contribution in [0.25, 0.3) is 0 Å². The van der Waals surface area contributed by atoms with Gasteiger partial charge in [-0.1, -0.05) is 26.0 Å². The zero-order valence-electron chi connectivity index (χ0n) is 10.9. The van der Waals surface area contributed by atoms with Crippen molar-refractivity contribution in [2.24, 2.45) is 5.41 Å². The van der Waals surface area contributed by atoms with E-state index in [9.17, 15) is 0 Å². The summed E-state index contributed by atoms with van der Waals surface area (Å²) in [6.07, 6.45) is 2.35. The lowest BCUT2D eigenvalue weighted by Crippen LogP contribution is -2.24. The highest BCUT2D eigenvalue weighted by atomic mass is 32.2. The molecule has 0 aliphatic heterocycles. The van der Waals surface area contributed by atoms with E-state index in [1.807, 2.05) is 23.9 Å². The van der Waals surface area contributed by atoms with Crippen molar-refractivity contribution in [3.8, 4) is 5.75 Å². The number of ether oxygens (including phenoxy) is 1. The fraction of sp³-hybridized carbons (Fsp3) is 0.571. The van der Waals surface area contributed by atoms with E-state index in [1.165, 1.54) is 17.7 Å². The molecule has 0 heterocycles. The van der Waals surface area contributed by atoms with Crippen molar-refractivity contribution in [1.82, 2.24) is 0 Å². The summed E-state index contributed by atoms with van der Waals surface area (Å²) in [5.41, 5.74) is 0.342. The number of thiol groups is 1. The second kappa shape index (κ2) is 7.22. The molecule has 0 aliphatic carbocycles. The summed E-state index contributed by atoms with van der Waals surface area (Å²) >= 11 is 6.39. The minimum atomic E-state index is 0.342. The van der Waals surface area contributed by atoms with Gasteiger partial charge < -0.3 is 4.74 Å². The Morgan fingerprint density at radius 2 is 1.88 bits per heavy atom. The molecule has 0 radical (unpaired) electrons. The van der Waals surface area contributed by atoms with Crippen LogP contribution in [0.4, 0.5) is 0 Å². The van der Waals surface area contributed by atoms with E-state index in [0.29, 0.717) is 5.41 Å². The maximum atomic E-state index is 5.37. The highest BCUT2D eigenvalue weighted by Gasteiger charge is 2.24. The molecule has 0 spiro atoms. The predicted molar refractivity (Wildman–Crippen MR) is 80.6 cm³/mol. The van der Waals surface area contributed by atoms with E-state index in [4.69, 9.17) is 4.74 Å². The van der Waals surface area contributed by atoms with Crippen LogP contribution < -0.4 is 4.74 Å². The molecule has 0 atom stereocenters. The molecule has 96 valence electrons. The van der Waals surface area contributed by atoms with E-state index in [1.54, 1.807) is 7.11 Å². The zero-order chi connectivity index (χ0) is 12.7. The Morgan fingerprint density at radius 3 is 2.41 bits per heavy atom. The van der Waals surface area contributed by atoms with E-state index in [2.05, 4.69) is 38.6 Å². The Morgan fingerprint density at radius 1 is 1.24 bits per heavy atom. The van der Waals surface area contributed by atoms with Crippen LogP contribution in [0.1, 0.15) is 26.7 Å². The molecule has 17 heavy (non-hydrogen) atoms. The molecule has 1 aromatic carbocycles. The Labute approximate surface area is 115 Å². The van der Waals surface area contributed by atoms with Gasteiger partial charge in [-0.05, 0) is 36.1 Å². The third kappa shape index (κ3) is 3.85. The van der Waals surface area contributed by atoms with Gasteiger partial charge in [0.2, 0.25) is 0 Å². The summed E-state index contributed by atoms with van der Waals surface area (Å²) in [6, 6.07) is 8.21. The summed E-state index contributed by atoms with van der Waals surface area (Å²) in [5.74, 6) is 3.02. The topological polar surface area (TPSA) is 9.23 Å². The summed E-state index contributed by atoms with van der Waals surface area (Å²) in [7, 11) is 1.73. The molecule has 1 aromatic rings. The van der Waals surface area contributed by atoms with Crippen molar-refractivity contribution < 1.29 is 4.74 Å². The van der Waals surface area contributed by atoms with E-state index >= 15 is 0 Å². The van der Waals surface area contributed by atoms with Crippen molar-refractivity contribution in [2.45, 2.75) is 31.6 Å². The van der Waals surface area contributed by atoms with Crippen LogP contribution in [0, 0.1) is 5.41 Å². The van der Waals surface area contributed by atoms with Gasteiger partial charge in [0.1, 0.15) is 5.75 Å². The quantitative estimate of drug-likeness (QED) is 0.576. The third-order valence-corrected chi connectivity index (χ3v) is 5.51. The van der Waals surface area contributed by atoms with Crippen molar-refractivity contribution in [3.05, 3.63) is 24.3 Å². The van der Waals surface area contributed by atoms with Crippen LogP contribution in [0.15, 0.2) is 29.2 Å². The first-order chi connectivity index (χ1) is 8.21. The maximum Gasteiger partial charge on any atom is 0.132 e. The number of hydrogen-bond donors (Lipinski definition) is 1. The fourth-order valence-corrected chi connectivity index (χ4v) is 3.84. The van der Waals surface area contributed by atoms with Crippen molar-refractivity contribution in [1.29, 1.82) is 0 Å². The summed E-state index contributed by atoms with van der Waals surface area (Å²) in [4.78, 5) is 1.23. The molecule has 0 saturated heterocycles. The lowest BCUT2D eigenvalue weighted by Gasteiger charge is -2.29. The van der Waals surface area contributed by atoms with E-state index in [-0.39, 0.29) is 0 Å². The molecule has 0 amide bonds. The van der Waals surface area contributed by atoms with Gasteiger partial charge in [0, 0.05) is 10.6 Å². The average molecular weight is 270 g/mol. The molecule has 0 fully saturated rings. The molecule has 0 saturated carbocycles. The monoisotopic (exact) mass is 270 g/mol. The minimum Gasteiger partial charge on any atom is -0.496 e. The van der Waals surface area contributed by atoms with Gasteiger partial charge in [0.25, 0.3) is 0 Å². The van der Waals surface area contributed by atoms with Gasteiger partial charge in [-0.2, -0.15) is 12.6 Å². The maximum absolute atomic E-state index is 5.37. The second-order valence-corrected chi connectivity index (χ2v) is 5.64. The second-order valence-electron chi connectivity index (χ2n) is 4.30. The predicted octanol–water partition coefficient (Wildman–Crippen LogP) is 4.52. The van der Waals surface area contributed by atoms with Crippen LogP contribution in [-0.2, 0) is 0 Å². The molecular formula is C14H22OS2. The number of benzene rings is 1. The largest absolute Gasteiger partial charge is 0.496 e. The first-order valence-electron chi connectivity index (χ1n) is 6.08. The molecule has 0 aromatic heterocycles. The van der Waals surface area contributed by atoms with Crippen molar-refractivity contribution in [2.75, 3.05) is 18.6 Å². The number of rotatable bonds is 7. The molecule has 0 unspecified atom stereocenters. The Kier molecular flexibility index (Phi) is 6.28. The standard InChI is InChI=1S/C14H22OS2/c1-4-14(5-2,10-16)11-17-13-9-7-6-8-12(13)15-3/h6-9,16H,4-5,10-11H2,1-3H3. The summed E-state index contributed by atoms with van der Waals surface area (Å²) in [5, 5.41) is 0. The highest BCUT2D eigenvalue weighted by Crippen LogP contribution is 2.37. The Hall–Kier alpha value is -0.280. The van der Waals surface area contributed by atoms with Gasteiger partial charge >= 0.3 is 0 Å². The van der Waals surface area contributed by atoms with E-state index < -0.39 is 0 Å². The minimum absolute atomic E-state index is 0.342. The number of para-hydroxylation sites is 1. The number of hydrogen-bond acceptors (Lipinski definition) is 3. The molecular weight excluding hydrogens is 248 g/mol. The lowest BCUT2D eigenvalue weighted by atomic mass is 9.87. The van der Waals surface area contributed by atoms with Gasteiger partial charge in [-0.25, -0.2) is 0 Å². The average Bonchev–Trinajstić information content (AvgIpc) is 2.41. The van der Waals surface area contributed by atoms with Crippen LogP contribution >= 0.6 is 24.4 Å². The smallest absolute Gasteiger partial charge is 0.132 e. The van der Waals surface area contributed by atoms with E-state index in [0.717, 1.165) is 17.3 Å². The van der Waals surface area contributed by atoms with Gasteiger partial charge in [-0.15, -0.1) is 11.8 Å². The lowest BCUT2D eigenvalue weighted by molar-refractivity contribution is 0.357. The van der Waals surface area contributed by atoms with Crippen LogP contribution in [0.2, 0.25) is 0 Å². The van der Waals surface area contributed by atoms with Crippen LogP contribution in [-0.4, -0.2) is 18.6 Å². The zero-order valence-corrected chi connectivity index (χ0v) is 12.6. The molecule has 3 heteroatoms. The van der Waals surface area contributed by atoms with Gasteiger partial charge in [-0.3, -0.25) is 0 Å². The number of methoxy groups -OCH3 is 1. The SMILES string of the molecule is CCC(CC)(CS)CSc1ccccc1OC. The molecule has 0 bridgehead atoms. The molecule has 1 rings (SSSR count). The first-order valence-corrected chi connectivity index (χ1v) is 7.70. The highest BCUT2D eigenvalue weighted by molar-refractivity contribution is 7.99. The molecule has 0 aliphatic rings. The number of thioether (sulfide) groups is 1. The van der Waals surface area contributed by atoms with Gasteiger partial charge in [0.05, 0.1) is 7.11 Å². The Balaban J connectivity index is 2.71. The third-order valence-electron chi connectivity index (χ3n) is 3.44. The van der Waals surface area contributed by atoms with Crippen molar-refractivity contribution in [3.63, 3.8) is 0 Å². The first kappa shape index (κ1) is 14.8. The summed E-state index contributed by atoms with van der Waals surface area (Å²) < 4.78 is 5.37. The van der Waals surface area contributed by atoms with Crippen LogP contribution in [0.3, 0.4) is 0 Å². The van der Waals surface area contributed by atoms with Crippen molar-refractivity contribution >= 4 is 24.4 Å². The van der Waals surface area contributed by atoms with Crippen LogP contribution in [0.5, 0.6) is 5.75 Å². The molecule has 0 N–H and O–H groups in total.